The van der Waals surface area contributed by atoms with E-state index in [-0.39, 0.29) is 30.3 Å². The molecule has 23 heavy (non-hydrogen) atoms. The molecule has 0 saturated carbocycles. The summed E-state index contributed by atoms with van der Waals surface area (Å²) in [5.74, 6) is -0.143. The maximum absolute atomic E-state index is 12.1. The van der Waals surface area contributed by atoms with Gasteiger partial charge < -0.3 is 20.3 Å². The van der Waals surface area contributed by atoms with Gasteiger partial charge in [0.2, 0.25) is 5.91 Å². The number of carbonyl (C=O) groups excluding carboxylic acids is 2. The van der Waals surface area contributed by atoms with Crippen molar-refractivity contribution in [1.29, 1.82) is 0 Å². The number of urea groups is 1. The molecule has 0 radical (unpaired) electrons. The van der Waals surface area contributed by atoms with Crippen LogP contribution in [-0.4, -0.2) is 50.3 Å². The van der Waals surface area contributed by atoms with Gasteiger partial charge in [-0.25, -0.2) is 4.79 Å². The molecule has 0 bridgehead atoms. The molecular formula is C14H18F3N3O3. The maximum Gasteiger partial charge on any atom is 0.422 e. The third-order valence-corrected chi connectivity index (χ3v) is 2.62. The number of benzene rings is 1. The Morgan fingerprint density at radius 1 is 1.26 bits per heavy atom. The first-order valence-electron chi connectivity index (χ1n) is 6.72. The molecule has 0 spiro atoms. The lowest BCUT2D eigenvalue weighted by Crippen LogP contribution is -2.33. The number of carbonyl (C=O) groups is 2. The van der Waals surface area contributed by atoms with Gasteiger partial charge in [-0.3, -0.25) is 4.79 Å². The monoisotopic (exact) mass is 333 g/mol. The minimum absolute atomic E-state index is 0.0112. The second kappa shape index (κ2) is 8.25. The zero-order valence-electron chi connectivity index (χ0n) is 12.7. The van der Waals surface area contributed by atoms with Gasteiger partial charge in [-0.15, -0.1) is 0 Å². The molecule has 3 amide bonds. The summed E-state index contributed by atoms with van der Waals surface area (Å²) in [4.78, 5) is 24.4. The third kappa shape index (κ3) is 7.93. The predicted molar refractivity (Wildman–Crippen MR) is 78.3 cm³/mol. The van der Waals surface area contributed by atoms with Gasteiger partial charge in [0.25, 0.3) is 0 Å². The first kappa shape index (κ1) is 18.6. The van der Waals surface area contributed by atoms with E-state index in [9.17, 15) is 22.8 Å². The number of nitrogens with zero attached hydrogens (tertiary/aromatic N) is 1. The van der Waals surface area contributed by atoms with Gasteiger partial charge in [0.05, 0.1) is 0 Å². The summed E-state index contributed by atoms with van der Waals surface area (Å²) in [7, 11) is 3.21. The van der Waals surface area contributed by atoms with Crippen molar-refractivity contribution in [2.24, 2.45) is 0 Å². The summed E-state index contributed by atoms with van der Waals surface area (Å²) in [5, 5.41) is 4.92. The molecule has 0 aliphatic heterocycles. The van der Waals surface area contributed by atoms with Crippen LogP contribution in [0.15, 0.2) is 24.3 Å². The number of ether oxygens (including phenoxy) is 1. The summed E-state index contributed by atoms with van der Waals surface area (Å²) >= 11 is 0. The maximum atomic E-state index is 12.1. The Bertz CT molecular complexity index is 548. The van der Waals surface area contributed by atoms with Crippen LogP contribution in [0.4, 0.5) is 23.7 Å². The molecule has 0 fully saturated rings. The van der Waals surface area contributed by atoms with Crippen LogP contribution in [0.2, 0.25) is 0 Å². The summed E-state index contributed by atoms with van der Waals surface area (Å²) in [6, 6.07) is 5.02. The van der Waals surface area contributed by atoms with Crippen LogP contribution >= 0.6 is 0 Å². The molecular weight excluding hydrogens is 315 g/mol. The predicted octanol–water partition coefficient (Wildman–Crippen LogP) is 2.23. The zero-order valence-corrected chi connectivity index (χ0v) is 12.7. The van der Waals surface area contributed by atoms with E-state index in [0.717, 1.165) is 0 Å². The molecule has 0 unspecified atom stereocenters. The number of alkyl halides is 3. The molecule has 2 N–H and O–H groups in total. The van der Waals surface area contributed by atoms with Gasteiger partial charge in [0.1, 0.15) is 5.75 Å². The SMILES string of the molecule is CN(C)C(=O)CCNC(=O)Nc1cccc(OCC(F)(F)F)c1. The molecule has 0 atom stereocenters. The minimum Gasteiger partial charge on any atom is -0.484 e. The fraction of sp³-hybridized carbons (Fsp3) is 0.429. The Balaban J connectivity index is 2.44. The van der Waals surface area contributed by atoms with Gasteiger partial charge in [0.15, 0.2) is 6.61 Å². The van der Waals surface area contributed by atoms with Gasteiger partial charge in [-0.1, -0.05) is 6.07 Å². The topological polar surface area (TPSA) is 70.7 Å². The largest absolute Gasteiger partial charge is 0.484 e. The van der Waals surface area contributed by atoms with Crippen molar-refractivity contribution >= 4 is 17.6 Å². The number of amides is 3. The first-order chi connectivity index (χ1) is 10.7. The Morgan fingerprint density at radius 3 is 2.57 bits per heavy atom. The molecule has 9 heteroatoms. The summed E-state index contributed by atoms with van der Waals surface area (Å²) in [6.45, 7) is -1.26. The molecule has 1 rings (SSSR count). The molecule has 0 heterocycles. The standard InChI is InChI=1S/C14H18F3N3O3/c1-20(2)12(21)6-7-18-13(22)19-10-4-3-5-11(8-10)23-9-14(15,16)17/h3-5,8H,6-7,9H2,1-2H3,(H2,18,19,22). The third-order valence-electron chi connectivity index (χ3n) is 2.62. The Kier molecular flexibility index (Phi) is 6.67. The molecule has 0 aliphatic rings. The van der Waals surface area contributed by atoms with Crippen LogP contribution in [0.1, 0.15) is 6.42 Å². The number of anilines is 1. The number of hydrogen-bond donors (Lipinski definition) is 2. The number of rotatable bonds is 6. The lowest BCUT2D eigenvalue weighted by Gasteiger charge is -2.12. The fourth-order valence-electron chi connectivity index (χ4n) is 1.51. The lowest BCUT2D eigenvalue weighted by atomic mass is 10.3. The van der Waals surface area contributed by atoms with Gasteiger partial charge >= 0.3 is 12.2 Å². The molecule has 0 saturated heterocycles. The lowest BCUT2D eigenvalue weighted by molar-refractivity contribution is -0.153. The van der Waals surface area contributed by atoms with Gasteiger partial charge in [-0.2, -0.15) is 13.2 Å². The van der Waals surface area contributed by atoms with E-state index in [1.807, 2.05) is 0 Å². The number of nitrogens with one attached hydrogen (secondary N) is 2. The van der Waals surface area contributed by atoms with Crippen molar-refractivity contribution in [3.63, 3.8) is 0 Å². The first-order valence-corrected chi connectivity index (χ1v) is 6.72. The van der Waals surface area contributed by atoms with E-state index in [1.165, 1.54) is 29.2 Å². The highest BCUT2D eigenvalue weighted by molar-refractivity contribution is 5.89. The van der Waals surface area contributed by atoms with Crippen molar-refractivity contribution in [1.82, 2.24) is 10.2 Å². The average Bonchev–Trinajstić information content (AvgIpc) is 2.44. The van der Waals surface area contributed by atoms with Crippen LogP contribution in [0.25, 0.3) is 0 Å². The highest BCUT2D eigenvalue weighted by Gasteiger charge is 2.28. The molecule has 0 aliphatic carbocycles. The van der Waals surface area contributed by atoms with Crippen LogP contribution in [0.3, 0.4) is 0 Å². The Labute approximate surface area is 131 Å². The quantitative estimate of drug-likeness (QED) is 0.839. The van der Waals surface area contributed by atoms with E-state index in [1.54, 1.807) is 14.1 Å². The summed E-state index contributed by atoms with van der Waals surface area (Å²) < 4.78 is 40.8. The van der Waals surface area contributed by atoms with E-state index >= 15 is 0 Å². The molecule has 128 valence electrons. The average molecular weight is 333 g/mol. The van der Waals surface area contributed by atoms with Crippen LogP contribution in [0.5, 0.6) is 5.75 Å². The van der Waals surface area contributed by atoms with E-state index in [0.29, 0.717) is 0 Å². The Hall–Kier alpha value is -2.45. The number of halogens is 3. The van der Waals surface area contributed by atoms with Crippen LogP contribution in [0, 0.1) is 0 Å². The second-order valence-corrected chi connectivity index (χ2v) is 4.85. The highest BCUT2D eigenvalue weighted by atomic mass is 19.4. The van der Waals surface area contributed by atoms with Crippen molar-refractivity contribution < 1.29 is 27.5 Å². The summed E-state index contributed by atoms with van der Waals surface area (Å²) in [6.07, 6.45) is -4.28. The van der Waals surface area contributed by atoms with Crippen LogP contribution in [-0.2, 0) is 4.79 Å². The highest BCUT2D eigenvalue weighted by Crippen LogP contribution is 2.21. The van der Waals surface area contributed by atoms with Gasteiger partial charge in [0, 0.05) is 38.8 Å². The minimum atomic E-state index is -4.43. The van der Waals surface area contributed by atoms with Crippen molar-refractivity contribution in [2.75, 3.05) is 32.6 Å². The second-order valence-electron chi connectivity index (χ2n) is 4.85. The number of hydrogen-bond acceptors (Lipinski definition) is 3. The molecule has 1 aromatic rings. The normalized spacial score (nSPS) is 10.8. The van der Waals surface area contributed by atoms with Gasteiger partial charge in [-0.05, 0) is 12.1 Å². The van der Waals surface area contributed by atoms with Crippen LogP contribution < -0.4 is 15.4 Å². The van der Waals surface area contributed by atoms with Crippen molar-refractivity contribution in [3.8, 4) is 5.75 Å². The molecule has 6 nitrogen and oxygen atoms in total. The zero-order chi connectivity index (χ0) is 17.5. The van der Waals surface area contributed by atoms with E-state index in [4.69, 9.17) is 0 Å². The van der Waals surface area contributed by atoms with Crippen molar-refractivity contribution in [3.05, 3.63) is 24.3 Å². The summed E-state index contributed by atoms with van der Waals surface area (Å²) in [5.41, 5.74) is 0.279. The van der Waals surface area contributed by atoms with E-state index in [2.05, 4.69) is 15.4 Å². The smallest absolute Gasteiger partial charge is 0.422 e. The fourth-order valence-corrected chi connectivity index (χ4v) is 1.51. The van der Waals surface area contributed by atoms with Crippen molar-refractivity contribution in [2.45, 2.75) is 12.6 Å². The molecule has 1 aromatic carbocycles. The Morgan fingerprint density at radius 2 is 1.96 bits per heavy atom. The molecule has 0 aromatic heterocycles. The van der Waals surface area contributed by atoms with E-state index < -0.39 is 18.8 Å².